The zero-order valence-corrected chi connectivity index (χ0v) is 15.6. The lowest BCUT2D eigenvalue weighted by Crippen LogP contribution is -2.12. The van der Waals surface area contributed by atoms with Crippen LogP contribution in [0.25, 0.3) is 0 Å². The molecular formula is C22H23N3S. The quantitative estimate of drug-likeness (QED) is 0.623. The van der Waals surface area contributed by atoms with Crippen molar-refractivity contribution < 1.29 is 0 Å². The maximum absolute atomic E-state index is 5.41. The summed E-state index contributed by atoms with van der Waals surface area (Å²) in [4.78, 5) is 7.93. The van der Waals surface area contributed by atoms with E-state index in [-0.39, 0.29) is 5.92 Å². The third kappa shape index (κ3) is 3.70. The summed E-state index contributed by atoms with van der Waals surface area (Å²) >= 11 is 5.41. The molecule has 1 aliphatic rings. The van der Waals surface area contributed by atoms with Gasteiger partial charge in [-0.1, -0.05) is 60.7 Å². The Kier molecular flexibility index (Phi) is 5.12. The molecule has 0 radical (unpaired) electrons. The van der Waals surface area contributed by atoms with E-state index in [4.69, 9.17) is 12.2 Å². The Bertz CT molecular complexity index is 880. The van der Waals surface area contributed by atoms with Crippen LogP contribution >= 0.6 is 12.2 Å². The van der Waals surface area contributed by atoms with E-state index in [0.717, 1.165) is 25.2 Å². The molecule has 0 spiro atoms. The maximum atomic E-state index is 5.41. The summed E-state index contributed by atoms with van der Waals surface area (Å²) in [5, 5.41) is 3.46. The molecule has 1 aromatic heterocycles. The minimum atomic E-state index is 0.290. The maximum Gasteiger partial charge on any atom is 0.198 e. The summed E-state index contributed by atoms with van der Waals surface area (Å²) in [5.41, 5.74) is 5.16. The fourth-order valence-electron chi connectivity index (χ4n) is 3.77. The minimum Gasteiger partial charge on any atom is -0.370 e. The third-order valence-corrected chi connectivity index (χ3v) is 5.27. The van der Waals surface area contributed by atoms with Gasteiger partial charge in [-0.05, 0) is 49.0 Å². The van der Waals surface area contributed by atoms with Crippen LogP contribution in [0.1, 0.15) is 41.1 Å². The second-order valence-corrected chi connectivity index (χ2v) is 7.20. The number of H-pyrrole nitrogens is 1. The molecule has 0 saturated heterocycles. The van der Waals surface area contributed by atoms with E-state index >= 15 is 0 Å². The molecule has 1 aliphatic heterocycles. The summed E-state index contributed by atoms with van der Waals surface area (Å²) in [7, 11) is 0. The fourth-order valence-corrected chi connectivity index (χ4v) is 3.99. The van der Waals surface area contributed by atoms with Gasteiger partial charge in [0.25, 0.3) is 0 Å². The van der Waals surface area contributed by atoms with Crippen LogP contribution in [0.2, 0.25) is 0 Å². The predicted molar refractivity (Wildman–Crippen MR) is 109 cm³/mol. The smallest absolute Gasteiger partial charge is 0.198 e. The summed E-state index contributed by atoms with van der Waals surface area (Å²) < 4.78 is 0.563. The molecule has 0 fully saturated rings. The zero-order valence-electron chi connectivity index (χ0n) is 14.7. The first-order chi connectivity index (χ1) is 12.8. The van der Waals surface area contributed by atoms with E-state index in [9.17, 15) is 0 Å². The molecule has 26 heavy (non-hydrogen) atoms. The van der Waals surface area contributed by atoms with Crippen LogP contribution in [0.15, 0.2) is 60.7 Å². The van der Waals surface area contributed by atoms with Crippen LogP contribution in [0.4, 0.5) is 5.82 Å². The van der Waals surface area contributed by atoms with Gasteiger partial charge in [-0.15, -0.1) is 0 Å². The molecule has 0 unspecified atom stereocenters. The van der Waals surface area contributed by atoms with E-state index < -0.39 is 0 Å². The second kappa shape index (κ2) is 7.83. The van der Waals surface area contributed by atoms with E-state index in [1.807, 2.05) is 0 Å². The molecule has 3 aromatic rings. The average Bonchev–Trinajstić information content (AvgIpc) is 2.93. The molecule has 0 aliphatic carbocycles. The highest BCUT2D eigenvalue weighted by atomic mass is 32.1. The molecule has 3 nitrogen and oxygen atoms in total. The summed E-state index contributed by atoms with van der Waals surface area (Å²) in [6.45, 7) is 0.971. The van der Waals surface area contributed by atoms with Crippen molar-refractivity contribution in [3.8, 4) is 0 Å². The Morgan fingerprint density at radius 1 is 0.923 bits per heavy atom. The summed E-state index contributed by atoms with van der Waals surface area (Å²) in [5.74, 6) is 1.26. The van der Waals surface area contributed by atoms with Crippen molar-refractivity contribution in [3.63, 3.8) is 0 Å². The Balaban J connectivity index is 1.77. The Labute approximate surface area is 159 Å². The number of fused-ring (bicyclic) bond motifs is 1. The van der Waals surface area contributed by atoms with Gasteiger partial charge in [-0.2, -0.15) is 0 Å². The first kappa shape index (κ1) is 17.0. The monoisotopic (exact) mass is 361 g/mol. The van der Waals surface area contributed by atoms with Gasteiger partial charge in [-0.3, -0.25) is 0 Å². The van der Waals surface area contributed by atoms with Crippen LogP contribution in [0.5, 0.6) is 0 Å². The lowest BCUT2D eigenvalue weighted by Gasteiger charge is -2.20. The number of aromatic amines is 1. The highest BCUT2D eigenvalue weighted by Crippen LogP contribution is 2.31. The Morgan fingerprint density at radius 2 is 1.58 bits per heavy atom. The van der Waals surface area contributed by atoms with Gasteiger partial charge in [0.05, 0.1) is 0 Å². The Morgan fingerprint density at radius 3 is 2.23 bits per heavy atom. The highest BCUT2D eigenvalue weighted by Gasteiger charge is 2.20. The zero-order chi connectivity index (χ0) is 17.8. The van der Waals surface area contributed by atoms with Crippen LogP contribution in [-0.2, 0) is 12.8 Å². The van der Waals surface area contributed by atoms with Gasteiger partial charge in [0.1, 0.15) is 5.82 Å². The van der Waals surface area contributed by atoms with Crippen LogP contribution in [0.3, 0.4) is 0 Å². The summed E-state index contributed by atoms with van der Waals surface area (Å²) in [6.07, 6.45) is 4.29. The molecule has 0 atom stereocenters. The number of hydrogen-bond donors (Lipinski definition) is 2. The molecule has 0 bridgehead atoms. The number of anilines is 1. The van der Waals surface area contributed by atoms with Crippen molar-refractivity contribution in [2.45, 2.75) is 31.6 Å². The van der Waals surface area contributed by atoms with Gasteiger partial charge in [-0.25, -0.2) is 4.98 Å². The van der Waals surface area contributed by atoms with Gasteiger partial charge in [0.2, 0.25) is 0 Å². The van der Waals surface area contributed by atoms with Crippen molar-refractivity contribution in [2.75, 3.05) is 11.9 Å². The first-order valence-electron chi connectivity index (χ1n) is 9.27. The SMILES string of the molecule is S=c1nc2c(c(CC(c3ccccc3)c3ccccc3)[nH]1)CCCCN2. The lowest BCUT2D eigenvalue weighted by molar-refractivity contribution is 0.741. The van der Waals surface area contributed by atoms with Gasteiger partial charge in [0.15, 0.2) is 4.77 Å². The largest absolute Gasteiger partial charge is 0.370 e. The van der Waals surface area contributed by atoms with Gasteiger partial charge < -0.3 is 10.3 Å². The average molecular weight is 362 g/mol. The molecule has 2 heterocycles. The number of nitrogens with one attached hydrogen (secondary N) is 2. The van der Waals surface area contributed by atoms with Crippen LogP contribution in [0, 0.1) is 4.77 Å². The fraction of sp³-hybridized carbons (Fsp3) is 0.273. The Hall–Kier alpha value is -2.46. The van der Waals surface area contributed by atoms with Gasteiger partial charge in [0, 0.05) is 23.7 Å². The van der Waals surface area contributed by atoms with Crippen molar-refractivity contribution in [2.24, 2.45) is 0 Å². The van der Waals surface area contributed by atoms with E-state index in [2.05, 4.69) is 75.9 Å². The lowest BCUT2D eigenvalue weighted by atomic mass is 9.86. The molecule has 0 saturated carbocycles. The van der Waals surface area contributed by atoms with Gasteiger partial charge >= 0.3 is 0 Å². The van der Waals surface area contributed by atoms with Crippen molar-refractivity contribution >= 4 is 18.0 Å². The molecule has 2 N–H and O–H groups in total. The number of nitrogens with zero attached hydrogens (tertiary/aromatic N) is 1. The molecule has 2 aromatic carbocycles. The van der Waals surface area contributed by atoms with Crippen LogP contribution in [-0.4, -0.2) is 16.5 Å². The van der Waals surface area contributed by atoms with Crippen LogP contribution < -0.4 is 5.32 Å². The molecule has 0 amide bonds. The molecule has 4 heteroatoms. The predicted octanol–water partition coefficient (Wildman–Crippen LogP) is 5.26. The van der Waals surface area contributed by atoms with Crippen molar-refractivity contribution in [1.82, 2.24) is 9.97 Å². The normalized spacial score (nSPS) is 13.7. The minimum absolute atomic E-state index is 0.290. The molecule has 4 rings (SSSR count). The molecular weight excluding hydrogens is 338 g/mol. The second-order valence-electron chi connectivity index (χ2n) is 6.81. The standard InChI is InChI=1S/C22H23N3S/c26-22-24-20(18-13-7-8-14-23-21(18)25-22)15-19(16-9-3-1-4-10-16)17-11-5-2-6-12-17/h1-6,9-12,19H,7-8,13-15H2,(H2,23,24,25,26). The number of benzene rings is 2. The van der Waals surface area contributed by atoms with E-state index in [0.29, 0.717) is 4.77 Å². The number of rotatable bonds is 4. The van der Waals surface area contributed by atoms with Crippen molar-refractivity contribution in [1.29, 1.82) is 0 Å². The summed E-state index contributed by atoms with van der Waals surface area (Å²) in [6, 6.07) is 21.4. The molecule has 132 valence electrons. The first-order valence-corrected chi connectivity index (χ1v) is 9.68. The van der Waals surface area contributed by atoms with E-state index in [1.165, 1.54) is 35.2 Å². The highest BCUT2D eigenvalue weighted by molar-refractivity contribution is 7.71. The van der Waals surface area contributed by atoms with Crippen molar-refractivity contribution in [3.05, 3.63) is 87.8 Å². The third-order valence-electron chi connectivity index (χ3n) is 5.08. The van der Waals surface area contributed by atoms with E-state index in [1.54, 1.807) is 0 Å². The topological polar surface area (TPSA) is 40.7 Å². The number of aromatic nitrogens is 2. The number of hydrogen-bond acceptors (Lipinski definition) is 3.